The molecule has 0 saturated carbocycles. The third-order valence-electron chi connectivity index (χ3n) is 5.25. The summed E-state index contributed by atoms with van der Waals surface area (Å²) in [6, 6.07) is 6.99. The minimum absolute atomic E-state index is 0.131. The summed E-state index contributed by atoms with van der Waals surface area (Å²) in [5.41, 5.74) is 2.80. The fourth-order valence-corrected chi connectivity index (χ4v) is 4.16. The Kier molecular flexibility index (Phi) is 5.61. The molecule has 1 aromatic carbocycles. The van der Waals surface area contributed by atoms with Crippen LogP contribution in [0.2, 0.25) is 5.02 Å². The van der Waals surface area contributed by atoms with Crippen molar-refractivity contribution in [1.29, 1.82) is 0 Å². The Morgan fingerprint density at radius 2 is 1.86 bits per heavy atom. The molecule has 2 aliphatic heterocycles. The van der Waals surface area contributed by atoms with E-state index >= 15 is 0 Å². The highest BCUT2D eigenvalue weighted by atomic mass is 35.5. The summed E-state index contributed by atoms with van der Waals surface area (Å²) in [7, 11) is 0. The van der Waals surface area contributed by atoms with Crippen LogP contribution in [0.4, 0.5) is 16.3 Å². The first-order chi connectivity index (χ1) is 13.9. The highest BCUT2D eigenvalue weighted by Gasteiger charge is 2.30. The van der Waals surface area contributed by atoms with Crippen molar-refractivity contribution in [3.05, 3.63) is 46.4 Å². The molecule has 154 valence electrons. The SMILES string of the molecule is Cc1nc2c(c(N3CC(C)OC(C)C3)n1)CN(C(=O)Nc1ccc(Cl)cc1)CC2. The number of carbonyl (C=O) groups excluding carboxylic acids is 1. The third kappa shape index (κ3) is 4.46. The monoisotopic (exact) mass is 415 g/mol. The van der Waals surface area contributed by atoms with E-state index in [9.17, 15) is 4.79 Å². The van der Waals surface area contributed by atoms with Crippen LogP contribution < -0.4 is 10.2 Å². The molecule has 2 atom stereocenters. The van der Waals surface area contributed by atoms with Crippen molar-refractivity contribution in [1.82, 2.24) is 14.9 Å². The van der Waals surface area contributed by atoms with Gasteiger partial charge in [-0.25, -0.2) is 14.8 Å². The molecule has 4 rings (SSSR count). The van der Waals surface area contributed by atoms with Crippen molar-refractivity contribution in [2.24, 2.45) is 0 Å². The molecule has 3 heterocycles. The Labute approximate surface area is 176 Å². The van der Waals surface area contributed by atoms with Gasteiger partial charge in [0.05, 0.1) is 24.4 Å². The summed E-state index contributed by atoms with van der Waals surface area (Å²) in [4.78, 5) is 26.3. The fourth-order valence-electron chi connectivity index (χ4n) is 4.04. The number of fused-ring (bicyclic) bond motifs is 1. The minimum atomic E-state index is -0.131. The van der Waals surface area contributed by atoms with E-state index in [1.165, 1.54) is 0 Å². The number of hydrogen-bond donors (Lipinski definition) is 1. The highest BCUT2D eigenvalue weighted by Crippen LogP contribution is 2.29. The normalized spacial score (nSPS) is 21.7. The number of rotatable bonds is 2. The maximum atomic E-state index is 12.8. The number of halogens is 1. The molecular formula is C21H26ClN5O2. The summed E-state index contributed by atoms with van der Waals surface area (Å²) in [6.07, 6.45) is 0.991. The quantitative estimate of drug-likeness (QED) is 0.810. The van der Waals surface area contributed by atoms with E-state index in [0.717, 1.165) is 48.1 Å². The van der Waals surface area contributed by atoms with Crippen LogP contribution in [0, 0.1) is 6.92 Å². The van der Waals surface area contributed by atoms with Crippen molar-refractivity contribution in [3.63, 3.8) is 0 Å². The van der Waals surface area contributed by atoms with E-state index in [1.54, 1.807) is 24.3 Å². The lowest BCUT2D eigenvalue weighted by molar-refractivity contribution is -0.00557. The van der Waals surface area contributed by atoms with Crippen molar-refractivity contribution in [2.45, 2.75) is 45.9 Å². The van der Waals surface area contributed by atoms with E-state index in [2.05, 4.69) is 29.0 Å². The number of morpholine rings is 1. The van der Waals surface area contributed by atoms with E-state index in [-0.39, 0.29) is 18.2 Å². The number of ether oxygens (including phenoxy) is 1. The van der Waals surface area contributed by atoms with Gasteiger partial charge < -0.3 is 19.9 Å². The van der Waals surface area contributed by atoms with E-state index in [4.69, 9.17) is 21.3 Å². The molecule has 2 aromatic rings. The molecule has 1 N–H and O–H groups in total. The molecule has 8 heteroatoms. The average molecular weight is 416 g/mol. The van der Waals surface area contributed by atoms with Gasteiger partial charge in [-0.15, -0.1) is 0 Å². The lowest BCUT2D eigenvalue weighted by Gasteiger charge is -2.38. The van der Waals surface area contributed by atoms with Crippen molar-refractivity contribution >= 4 is 29.1 Å². The van der Waals surface area contributed by atoms with Gasteiger partial charge >= 0.3 is 6.03 Å². The molecule has 1 saturated heterocycles. The van der Waals surface area contributed by atoms with Crippen LogP contribution in [0.5, 0.6) is 0 Å². The Bertz CT molecular complexity index is 895. The minimum Gasteiger partial charge on any atom is -0.372 e. The zero-order valence-electron chi connectivity index (χ0n) is 17.0. The van der Waals surface area contributed by atoms with Crippen molar-refractivity contribution in [2.75, 3.05) is 29.9 Å². The molecule has 2 unspecified atom stereocenters. The molecule has 0 radical (unpaired) electrons. The molecular weight excluding hydrogens is 390 g/mol. The predicted octanol–water partition coefficient (Wildman–Crippen LogP) is 3.64. The van der Waals surface area contributed by atoms with Gasteiger partial charge in [-0.3, -0.25) is 0 Å². The largest absolute Gasteiger partial charge is 0.372 e. The first-order valence-electron chi connectivity index (χ1n) is 9.97. The zero-order valence-corrected chi connectivity index (χ0v) is 17.7. The summed E-state index contributed by atoms with van der Waals surface area (Å²) < 4.78 is 5.88. The summed E-state index contributed by atoms with van der Waals surface area (Å²) >= 11 is 5.93. The van der Waals surface area contributed by atoms with Gasteiger partial charge in [0.15, 0.2) is 0 Å². The molecule has 0 spiro atoms. The number of urea groups is 1. The number of anilines is 2. The zero-order chi connectivity index (χ0) is 20.5. The van der Waals surface area contributed by atoms with E-state index < -0.39 is 0 Å². The lowest BCUT2D eigenvalue weighted by Crippen LogP contribution is -2.47. The molecule has 0 bridgehead atoms. The van der Waals surface area contributed by atoms with Gasteiger partial charge in [-0.1, -0.05) is 11.6 Å². The maximum Gasteiger partial charge on any atom is 0.322 e. The van der Waals surface area contributed by atoms with Gasteiger partial charge in [-0.2, -0.15) is 0 Å². The second-order valence-corrected chi connectivity index (χ2v) is 8.23. The van der Waals surface area contributed by atoms with Crippen LogP contribution in [-0.2, 0) is 17.7 Å². The van der Waals surface area contributed by atoms with Crippen LogP contribution in [0.15, 0.2) is 24.3 Å². The number of aryl methyl sites for hydroxylation is 1. The third-order valence-corrected chi connectivity index (χ3v) is 5.50. The predicted molar refractivity (Wildman–Crippen MR) is 114 cm³/mol. The van der Waals surface area contributed by atoms with Crippen LogP contribution in [0.25, 0.3) is 0 Å². The topological polar surface area (TPSA) is 70.6 Å². The van der Waals surface area contributed by atoms with Gasteiger partial charge in [0, 0.05) is 42.3 Å². The first-order valence-corrected chi connectivity index (χ1v) is 10.3. The second kappa shape index (κ2) is 8.16. The Morgan fingerprint density at radius 1 is 1.17 bits per heavy atom. The summed E-state index contributed by atoms with van der Waals surface area (Å²) in [6.45, 7) is 8.76. The van der Waals surface area contributed by atoms with Crippen molar-refractivity contribution < 1.29 is 9.53 Å². The lowest BCUT2D eigenvalue weighted by atomic mass is 10.0. The smallest absolute Gasteiger partial charge is 0.322 e. The number of nitrogens with one attached hydrogen (secondary N) is 1. The number of nitrogens with zero attached hydrogens (tertiary/aromatic N) is 4. The molecule has 7 nitrogen and oxygen atoms in total. The Morgan fingerprint density at radius 3 is 2.55 bits per heavy atom. The number of carbonyl (C=O) groups is 1. The Hall–Kier alpha value is -2.38. The molecule has 0 aliphatic carbocycles. The van der Waals surface area contributed by atoms with Crippen LogP contribution in [0.3, 0.4) is 0 Å². The van der Waals surface area contributed by atoms with Crippen LogP contribution >= 0.6 is 11.6 Å². The molecule has 2 amide bonds. The summed E-state index contributed by atoms with van der Waals surface area (Å²) in [5.74, 6) is 1.70. The van der Waals surface area contributed by atoms with Gasteiger partial charge in [0.1, 0.15) is 11.6 Å². The van der Waals surface area contributed by atoms with Crippen LogP contribution in [0.1, 0.15) is 30.9 Å². The first kappa shape index (κ1) is 19.9. The van der Waals surface area contributed by atoms with Gasteiger partial charge in [0.2, 0.25) is 0 Å². The number of hydrogen-bond acceptors (Lipinski definition) is 5. The number of benzene rings is 1. The van der Waals surface area contributed by atoms with Gasteiger partial charge in [-0.05, 0) is 45.0 Å². The van der Waals surface area contributed by atoms with Gasteiger partial charge in [0.25, 0.3) is 0 Å². The average Bonchev–Trinajstić information content (AvgIpc) is 2.68. The summed E-state index contributed by atoms with van der Waals surface area (Å²) in [5, 5.41) is 3.59. The molecule has 1 fully saturated rings. The maximum absolute atomic E-state index is 12.8. The fraction of sp³-hybridized carbons (Fsp3) is 0.476. The number of amides is 2. The van der Waals surface area contributed by atoms with E-state index in [0.29, 0.717) is 18.1 Å². The van der Waals surface area contributed by atoms with E-state index in [1.807, 2.05) is 11.8 Å². The highest BCUT2D eigenvalue weighted by molar-refractivity contribution is 6.30. The molecule has 1 aromatic heterocycles. The Balaban J connectivity index is 1.56. The second-order valence-electron chi connectivity index (χ2n) is 7.79. The van der Waals surface area contributed by atoms with Crippen LogP contribution in [-0.4, -0.2) is 52.7 Å². The van der Waals surface area contributed by atoms with Crippen molar-refractivity contribution in [3.8, 4) is 0 Å². The molecule has 29 heavy (non-hydrogen) atoms. The standard InChI is InChI=1S/C21H26ClN5O2/c1-13-10-27(11-14(2)29-13)20-18-12-26(9-8-19(18)23-15(3)24-20)21(28)25-17-6-4-16(22)5-7-17/h4-7,13-14H,8-12H2,1-3H3,(H,25,28). The molecule has 2 aliphatic rings. The number of aromatic nitrogens is 2.